The van der Waals surface area contributed by atoms with Crippen LogP contribution in [0.25, 0.3) is 0 Å². The first-order valence-electron chi connectivity index (χ1n) is 7.40. The van der Waals surface area contributed by atoms with E-state index < -0.39 is 30.0 Å². The molecule has 0 radical (unpaired) electrons. The molecule has 0 saturated heterocycles. The van der Waals surface area contributed by atoms with E-state index in [1.165, 1.54) is 14.0 Å². The van der Waals surface area contributed by atoms with E-state index in [9.17, 15) is 35.5 Å². The molecule has 0 saturated carbocycles. The minimum atomic E-state index is -6.56. The van der Waals surface area contributed by atoms with E-state index in [2.05, 4.69) is 0 Å². The number of carbonyl (C=O) groups excluding carboxylic acids is 1. The number of hydrogen-bond donors (Lipinski definition) is 0. The van der Waals surface area contributed by atoms with Crippen LogP contribution in [0.2, 0.25) is 0 Å². The molecule has 0 aromatic heterocycles. The number of ether oxygens (including phenoxy) is 1. The van der Waals surface area contributed by atoms with Gasteiger partial charge in [-0.05, 0) is 31.4 Å². The van der Waals surface area contributed by atoms with Crippen LogP contribution < -0.4 is 4.74 Å². The zero-order chi connectivity index (χ0) is 20.5. The number of halogens is 7. The lowest BCUT2D eigenvalue weighted by molar-refractivity contribution is -0.346. The molecule has 1 atom stereocenters. The third-order valence-corrected chi connectivity index (χ3v) is 4.01. The molecule has 0 bridgehead atoms. The van der Waals surface area contributed by atoms with Crippen molar-refractivity contribution in [3.05, 3.63) is 29.3 Å². The first kappa shape index (κ1) is 22.0. The fourth-order valence-corrected chi connectivity index (χ4v) is 2.36. The molecule has 1 aromatic carbocycles. The molecule has 0 aliphatic carbocycles. The van der Waals surface area contributed by atoms with Crippen LogP contribution in [0, 0.1) is 6.92 Å². The number of benzene rings is 1. The number of rotatable bonds is 6. The Morgan fingerprint density at radius 3 is 2.15 bits per heavy atom. The number of amides is 1. The van der Waals surface area contributed by atoms with Crippen LogP contribution in [0.15, 0.2) is 18.2 Å². The fourth-order valence-electron chi connectivity index (χ4n) is 2.36. The van der Waals surface area contributed by atoms with Crippen molar-refractivity contribution in [3.8, 4) is 5.75 Å². The highest BCUT2D eigenvalue weighted by molar-refractivity contribution is 5.85. The number of alkyl halides is 7. The summed E-state index contributed by atoms with van der Waals surface area (Å²) in [6.07, 6.45) is -6.64. The molecular formula is C16H18F7NO2. The highest BCUT2D eigenvalue weighted by atomic mass is 19.4. The summed E-state index contributed by atoms with van der Waals surface area (Å²) in [6, 6.07) is 3.82. The van der Waals surface area contributed by atoms with Gasteiger partial charge in [0.2, 0.25) is 0 Å². The van der Waals surface area contributed by atoms with Gasteiger partial charge in [0.15, 0.2) is 0 Å². The van der Waals surface area contributed by atoms with Crippen molar-refractivity contribution in [2.24, 2.45) is 0 Å². The highest BCUT2D eigenvalue weighted by Gasteiger charge is 2.76. The lowest BCUT2D eigenvalue weighted by Gasteiger charge is -2.33. The Hall–Kier alpha value is -2.00. The summed E-state index contributed by atoms with van der Waals surface area (Å²) in [4.78, 5) is 11.9. The summed E-state index contributed by atoms with van der Waals surface area (Å²) < 4.78 is 95.0. The molecule has 10 heteroatoms. The number of methoxy groups -OCH3 is 1. The van der Waals surface area contributed by atoms with E-state index in [4.69, 9.17) is 4.74 Å². The largest absolute Gasteiger partial charge is 0.496 e. The molecule has 26 heavy (non-hydrogen) atoms. The van der Waals surface area contributed by atoms with Gasteiger partial charge in [-0.3, -0.25) is 4.79 Å². The van der Waals surface area contributed by atoms with Gasteiger partial charge in [0.05, 0.1) is 7.11 Å². The molecule has 3 nitrogen and oxygen atoms in total. The third kappa shape index (κ3) is 3.88. The minimum Gasteiger partial charge on any atom is -0.496 e. The van der Waals surface area contributed by atoms with Gasteiger partial charge in [-0.2, -0.15) is 30.7 Å². The fraction of sp³-hybridized carbons (Fsp3) is 0.562. The normalized spacial score (nSPS) is 14.1. The van der Waals surface area contributed by atoms with Crippen molar-refractivity contribution >= 4 is 5.91 Å². The quantitative estimate of drug-likeness (QED) is 0.682. The second-order valence-corrected chi connectivity index (χ2v) is 5.88. The van der Waals surface area contributed by atoms with Crippen LogP contribution >= 0.6 is 0 Å². The molecule has 0 aliphatic heterocycles. The maximum absolute atomic E-state index is 13.6. The van der Waals surface area contributed by atoms with E-state index in [1.54, 1.807) is 25.1 Å². The monoisotopic (exact) mass is 389 g/mol. The first-order valence-corrected chi connectivity index (χ1v) is 7.40. The Labute approximate surface area is 145 Å². The van der Waals surface area contributed by atoms with Gasteiger partial charge >= 0.3 is 18.0 Å². The molecule has 1 amide bonds. The van der Waals surface area contributed by atoms with Crippen LogP contribution in [-0.2, 0) is 11.2 Å². The molecule has 0 spiro atoms. The number of carbonyl (C=O) groups is 1. The van der Waals surface area contributed by atoms with Gasteiger partial charge < -0.3 is 9.64 Å². The lowest BCUT2D eigenvalue weighted by atomic mass is 10.0. The van der Waals surface area contributed by atoms with Gasteiger partial charge in [0.1, 0.15) is 5.75 Å². The van der Waals surface area contributed by atoms with Crippen LogP contribution in [0.4, 0.5) is 30.7 Å². The Kier molecular flexibility index (Phi) is 6.20. The lowest BCUT2D eigenvalue weighted by Crippen LogP contribution is -2.60. The number of aryl methyl sites for hydroxylation is 1. The highest BCUT2D eigenvalue weighted by Crippen LogP contribution is 2.47. The number of hydrogen-bond acceptors (Lipinski definition) is 2. The summed E-state index contributed by atoms with van der Waals surface area (Å²) in [5, 5.41) is 0. The number of likely N-dealkylation sites (N-methyl/N-ethyl adjacent to an activating group) is 1. The zero-order valence-electron chi connectivity index (χ0n) is 14.4. The van der Waals surface area contributed by atoms with Crippen LogP contribution in [0.5, 0.6) is 5.75 Å². The van der Waals surface area contributed by atoms with E-state index >= 15 is 0 Å². The van der Waals surface area contributed by atoms with Crippen molar-refractivity contribution in [1.82, 2.24) is 4.90 Å². The summed E-state index contributed by atoms with van der Waals surface area (Å²) in [7, 11) is 2.11. The molecule has 1 unspecified atom stereocenters. The molecule has 1 rings (SSSR count). The van der Waals surface area contributed by atoms with Crippen LogP contribution in [0.3, 0.4) is 0 Å². The summed E-state index contributed by atoms with van der Waals surface area (Å²) in [5.41, 5.74) is 1.20. The summed E-state index contributed by atoms with van der Waals surface area (Å²) in [6.45, 7) is 2.96. The average Bonchev–Trinajstić information content (AvgIpc) is 2.52. The van der Waals surface area contributed by atoms with Crippen molar-refractivity contribution in [3.63, 3.8) is 0 Å². The maximum Gasteiger partial charge on any atom is 0.460 e. The Balaban J connectivity index is 3.07. The third-order valence-electron chi connectivity index (χ3n) is 4.01. The SMILES string of the molecule is COc1c(C)cccc1CC(C)N(C)C(=O)C(F)(F)C(F)(F)C(F)(F)F. The Morgan fingerprint density at radius 1 is 1.15 bits per heavy atom. The molecule has 0 aliphatic rings. The van der Waals surface area contributed by atoms with Gasteiger partial charge in [0, 0.05) is 13.1 Å². The number of para-hydroxylation sites is 1. The second kappa shape index (κ2) is 7.32. The van der Waals surface area contributed by atoms with Gasteiger partial charge in [-0.25, -0.2) is 0 Å². The average molecular weight is 389 g/mol. The molecule has 0 fully saturated rings. The Bertz CT molecular complexity index is 658. The van der Waals surface area contributed by atoms with Crippen LogP contribution in [-0.4, -0.2) is 49.0 Å². The molecule has 0 N–H and O–H groups in total. The van der Waals surface area contributed by atoms with Crippen LogP contribution in [0.1, 0.15) is 18.1 Å². The second-order valence-electron chi connectivity index (χ2n) is 5.88. The number of nitrogens with zero attached hydrogens (tertiary/aromatic N) is 1. The van der Waals surface area contributed by atoms with Gasteiger partial charge in [-0.15, -0.1) is 0 Å². The summed E-state index contributed by atoms with van der Waals surface area (Å²) >= 11 is 0. The molecule has 148 valence electrons. The van der Waals surface area contributed by atoms with Crippen molar-refractivity contribution < 1.29 is 40.3 Å². The molecule has 1 aromatic rings. The predicted molar refractivity (Wildman–Crippen MR) is 79.6 cm³/mol. The molecular weight excluding hydrogens is 371 g/mol. The minimum absolute atomic E-state index is 0.0826. The van der Waals surface area contributed by atoms with E-state index in [0.717, 1.165) is 7.05 Å². The molecule has 0 heterocycles. The van der Waals surface area contributed by atoms with Gasteiger partial charge in [-0.1, -0.05) is 18.2 Å². The van der Waals surface area contributed by atoms with E-state index in [1.807, 2.05) is 0 Å². The van der Waals surface area contributed by atoms with Crippen molar-refractivity contribution in [2.75, 3.05) is 14.2 Å². The van der Waals surface area contributed by atoms with E-state index in [0.29, 0.717) is 16.9 Å². The zero-order valence-corrected chi connectivity index (χ0v) is 14.4. The van der Waals surface area contributed by atoms with Crippen molar-refractivity contribution in [2.45, 2.75) is 44.3 Å². The topological polar surface area (TPSA) is 29.5 Å². The summed E-state index contributed by atoms with van der Waals surface area (Å²) in [5.74, 6) is -14.6. The van der Waals surface area contributed by atoms with Gasteiger partial charge in [0.25, 0.3) is 5.91 Å². The maximum atomic E-state index is 13.6. The van der Waals surface area contributed by atoms with E-state index in [-0.39, 0.29) is 11.3 Å². The standard InChI is InChI=1S/C16H18F7NO2/c1-9-6-5-7-11(12(9)26-4)8-10(2)24(3)13(25)14(17,18)15(19,20)16(21,22)23/h5-7,10H,8H2,1-4H3. The van der Waals surface area contributed by atoms with Crippen molar-refractivity contribution in [1.29, 1.82) is 0 Å². The first-order chi connectivity index (χ1) is 11.7. The predicted octanol–water partition coefficient (Wildman–Crippen LogP) is 4.23. The smallest absolute Gasteiger partial charge is 0.460 e. The Morgan fingerprint density at radius 2 is 1.69 bits per heavy atom.